The van der Waals surface area contributed by atoms with Crippen molar-refractivity contribution in [3.05, 3.63) is 0 Å². The molecule has 2 amide bonds. The van der Waals surface area contributed by atoms with E-state index in [4.69, 9.17) is 4.74 Å². The van der Waals surface area contributed by atoms with E-state index in [1.54, 1.807) is 6.92 Å². The fourth-order valence-electron chi connectivity index (χ4n) is 1.74. The third kappa shape index (κ3) is 6.22. The quantitative estimate of drug-likeness (QED) is 0.618. The zero-order chi connectivity index (χ0) is 14.3. The second-order valence-corrected chi connectivity index (χ2v) is 4.77. The van der Waals surface area contributed by atoms with Gasteiger partial charge in [-0.2, -0.15) is 0 Å². The summed E-state index contributed by atoms with van der Waals surface area (Å²) in [6.07, 6.45) is 1.35. The molecule has 0 aromatic carbocycles. The molecule has 0 aromatic rings. The van der Waals surface area contributed by atoms with Crippen molar-refractivity contribution < 1.29 is 19.1 Å². The molecule has 6 heteroatoms. The van der Waals surface area contributed by atoms with Crippen LogP contribution in [0, 0.1) is 11.8 Å². The molecule has 0 bridgehead atoms. The Labute approximate surface area is 113 Å². The molecule has 0 radical (unpaired) electrons. The number of rotatable bonds is 8. The molecule has 0 aromatic heterocycles. The zero-order valence-corrected chi connectivity index (χ0v) is 11.5. The number of esters is 1. The molecule has 2 atom stereocenters. The molecule has 0 saturated heterocycles. The largest absolute Gasteiger partial charge is 0.466 e. The summed E-state index contributed by atoms with van der Waals surface area (Å²) in [7, 11) is 0. The van der Waals surface area contributed by atoms with Gasteiger partial charge in [0, 0.05) is 25.4 Å². The van der Waals surface area contributed by atoms with E-state index in [1.165, 1.54) is 0 Å². The highest BCUT2D eigenvalue weighted by atomic mass is 16.5. The smallest absolute Gasteiger partial charge is 0.307 e. The van der Waals surface area contributed by atoms with Gasteiger partial charge in [0.25, 0.3) is 0 Å². The third-order valence-corrected chi connectivity index (χ3v) is 3.05. The van der Waals surface area contributed by atoms with Crippen LogP contribution in [0.4, 0.5) is 0 Å². The van der Waals surface area contributed by atoms with Crippen LogP contribution in [-0.4, -0.2) is 37.5 Å². The lowest BCUT2D eigenvalue weighted by Gasteiger charge is -2.06. The van der Waals surface area contributed by atoms with Crippen LogP contribution < -0.4 is 10.6 Å². The second-order valence-electron chi connectivity index (χ2n) is 4.77. The molecule has 0 heterocycles. The summed E-state index contributed by atoms with van der Waals surface area (Å²) in [6, 6.07) is 0. The van der Waals surface area contributed by atoms with Crippen molar-refractivity contribution in [2.75, 3.05) is 19.7 Å². The van der Waals surface area contributed by atoms with Crippen LogP contribution >= 0.6 is 0 Å². The maximum absolute atomic E-state index is 11.5. The molecule has 1 aliphatic carbocycles. The van der Waals surface area contributed by atoms with Crippen molar-refractivity contribution in [3.8, 4) is 0 Å². The highest BCUT2D eigenvalue weighted by Crippen LogP contribution is 2.37. The van der Waals surface area contributed by atoms with Crippen LogP contribution in [0.5, 0.6) is 0 Å². The van der Waals surface area contributed by atoms with Crippen molar-refractivity contribution in [2.45, 2.75) is 33.1 Å². The Morgan fingerprint density at radius 2 is 1.79 bits per heavy atom. The minimum Gasteiger partial charge on any atom is -0.466 e. The van der Waals surface area contributed by atoms with E-state index in [9.17, 15) is 14.4 Å². The summed E-state index contributed by atoms with van der Waals surface area (Å²) >= 11 is 0. The minimum atomic E-state index is -0.321. The number of amides is 2. The molecular weight excluding hydrogens is 248 g/mol. The van der Waals surface area contributed by atoms with E-state index >= 15 is 0 Å². The summed E-state index contributed by atoms with van der Waals surface area (Å²) in [5, 5.41) is 5.34. The number of carbonyl (C=O) groups excluding carboxylic acids is 3. The number of ether oxygens (including phenoxy) is 1. The first-order valence-electron chi connectivity index (χ1n) is 6.74. The molecule has 0 aliphatic heterocycles. The van der Waals surface area contributed by atoms with E-state index < -0.39 is 0 Å². The predicted octanol–water partition coefficient (Wildman–Crippen LogP) is 0.218. The van der Waals surface area contributed by atoms with Crippen LogP contribution in [0.15, 0.2) is 0 Å². The SMILES string of the molecule is CCOC(=O)CCNC(=O)CCNC(=O)C1CC1C. The van der Waals surface area contributed by atoms with Gasteiger partial charge in [-0.3, -0.25) is 14.4 Å². The van der Waals surface area contributed by atoms with Crippen molar-refractivity contribution >= 4 is 17.8 Å². The Hall–Kier alpha value is -1.59. The molecule has 108 valence electrons. The lowest BCUT2D eigenvalue weighted by molar-refractivity contribution is -0.143. The number of carbonyl (C=O) groups is 3. The Kier molecular flexibility index (Phi) is 6.32. The van der Waals surface area contributed by atoms with Crippen molar-refractivity contribution in [1.29, 1.82) is 0 Å². The first kappa shape index (κ1) is 15.5. The molecule has 2 unspecified atom stereocenters. The Balaban J connectivity index is 1.99. The van der Waals surface area contributed by atoms with Gasteiger partial charge in [-0.1, -0.05) is 6.92 Å². The molecule has 1 saturated carbocycles. The summed E-state index contributed by atoms with van der Waals surface area (Å²) < 4.78 is 4.73. The van der Waals surface area contributed by atoms with Crippen molar-refractivity contribution in [2.24, 2.45) is 11.8 Å². The predicted molar refractivity (Wildman–Crippen MR) is 69.2 cm³/mol. The monoisotopic (exact) mass is 270 g/mol. The van der Waals surface area contributed by atoms with Gasteiger partial charge < -0.3 is 15.4 Å². The first-order chi connectivity index (χ1) is 9.04. The van der Waals surface area contributed by atoms with E-state index in [-0.39, 0.29) is 43.1 Å². The number of hydrogen-bond donors (Lipinski definition) is 2. The van der Waals surface area contributed by atoms with E-state index in [1.807, 2.05) is 6.92 Å². The molecular formula is C13H22N2O4. The maximum atomic E-state index is 11.5. The highest BCUT2D eigenvalue weighted by Gasteiger charge is 2.38. The van der Waals surface area contributed by atoms with Crippen LogP contribution in [0.25, 0.3) is 0 Å². The Morgan fingerprint density at radius 1 is 1.16 bits per heavy atom. The first-order valence-corrected chi connectivity index (χ1v) is 6.74. The van der Waals surface area contributed by atoms with E-state index in [2.05, 4.69) is 10.6 Å². The van der Waals surface area contributed by atoms with Crippen LogP contribution in [0.1, 0.15) is 33.1 Å². The minimum absolute atomic E-state index is 0.0341. The Bertz CT molecular complexity index is 344. The number of nitrogens with one attached hydrogen (secondary N) is 2. The molecule has 19 heavy (non-hydrogen) atoms. The summed E-state index contributed by atoms with van der Waals surface area (Å²) in [6.45, 7) is 4.73. The molecule has 0 spiro atoms. The van der Waals surface area contributed by atoms with E-state index in [0.29, 0.717) is 19.1 Å². The van der Waals surface area contributed by atoms with Crippen LogP contribution in [0.2, 0.25) is 0 Å². The lowest BCUT2D eigenvalue weighted by atomic mass is 10.3. The van der Waals surface area contributed by atoms with Gasteiger partial charge in [-0.05, 0) is 19.3 Å². The average molecular weight is 270 g/mol. The van der Waals surface area contributed by atoms with Crippen molar-refractivity contribution in [3.63, 3.8) is 0 Å². The average Bonchev–Trinajstić information content (AvgIpc) is 3.07. The normalized spacial score (nSPS) is 20.5. The van der Waals surface area contributed by atoms with Crippen LogP contribution in [0.3, 0.4) is 0 Å². The van der Waals surface area contributed by atoms with E-state index in [0.717, 1.165) is 6.42 Å². The van der Waals surface area contributed by atoms with Gasteiger partial charge in [0.05, 0.1) is 13.0 Å². The molecule has 1 aliphatic rings. The fraction of sp³-hybridized carbons (Fsp3) is 0.769. The topological polar surface area (TPSA) is 84.5 Å². The fourth-order valence-corrected chi connectivity index (χ4v) is 1.74. The summed E-state index contributed by atoms with van der Waals surface area (Å²) in [5.74, 6) is 0.143. The molecule has 2 N–H and O–H groups in total. The highest BCUT2D eigenvalue weighted by molar-refractivity contribution is 5.82. The molecule has 6 nitrogen and oxygen atoms in total. The van der Waals surface area contributed by atoms with Gasteiger partial charge in [0.2, 0.25) is 11.8 Å². The molecule has 1 fully saturated rings. The molecule has 1 rings (SSSR count). The second kappa shape index (κ2) is 7.76. The van der Waals surface area contributed by atoms with Gasteiger partial charge in [-0.25, -0.2) is 0 Å². The lowest BCUT2D eigenvalue weighted by Crippen LogP contribution is -2.32. The maximum Gasteiger partial charge on any atom is 0.307 e. The zero-order valence-electron chi connectivity index (χ0n) is 11.5. The van der Waals surface area contributed by atoms with Crippen LogP contribution in [-0.2, 0) is 19.1 Å². The summed E-state index contributed by atoms with van der Waals surface area (Å²) in [5.41, 5.74) is 0. The van der Waals surface area contributed by atoms with Gasteiger partial charge in [0.15, 0.2) is 0 Å². The van der Waals surface area contributed by atoms with Gasteiger partial charge in [-0.15, -0.1) is 0 Å². The van der Waals surface area contributed by atoms with Crippen molar-refractivity contribution in [1.82, 2.24) is 10.6 Å². The Morgan fingerprint density at radius 3 is 2.37 bits per heavy atom. The standard InChI is InChI=1S/C13H22N2O4/c1-3-19-12(17)5-7-14-11(16)4-6-15-13(18)10-8-9(10)2/h9-10H,3-8H2,1-2H3,(H,14,16)(H,15,18). The summed E-state index contributed by atoms with van der Waals surface area (Å²) in [4.78, 5) is 33.9. The third-order valence-electron chi connectivity index (χ3n) is 3.05. The number of hydrogen-bond acceptors (Lipinski definition) is 4. The van der Waals surface area contributed by atoms with Gasteiger partial charge >= 0.3 is 5.97 Å². The van der Waals surface area contributed by atoms with Gasteiger partial charge in [0.1, 0.15) is 0 Å².